The topological polar surface area (TPSA) is 75.4 Å². The zero-order valence-corrected chi connectivity index (χ0v) is 11.1. The Balaban J connectivity index is 2.21. The number of urea groups is 1. The SMILES string of the molecule is CCc1cccc2c1N(CC(=O)NC(N)=O)CCC2. The van der Waals surface area contributed by atoms with Gasteiger partial charge in [0, 0.05) is 12.2 Å². The number of primary amides is 1. The number of hydrogen-bond acceptors (Lipinski definition) is 3. The van der Waals surface area contributed by atoms with Crippen molar-refractivity contribution in [3.05, 3.63) is 29.3 Å². The summed E-state index contributed by atoms with van der Waals surface area (Å²) < 4.78 is 0. The Labute approximate surface area is 112 Å². The minimum Gasteiger partial charge on any atom is -0.362 e. The van der Waals surface area contributed by atoms with Crippen molar-refractivity contribution < 1.29 is 9.59 Å². The Morgan fingerprint density at radius 1 is 1.42 bits per heavy atom. The van der Waals surface area contributed by atoms with Gasteiger partial charge in [-0.2, -0.15) is 0 Å². The minimum atomic E-state index is -0.800. The van der Waals surface area contributed by atoms with Gasteiger partial charge < -0.3 is 10.6 Å². The third-order valence-corrected chi connectivity index (χ3v) is 3.37. The second-order valence-electron chi connectivity index (χ2n) is 4.72. The summed E-state index contributed by atoms with van der Waals surface area (Å²) in [4.78, 5) is 24.4. The normalized spacial score (nSPS) is 13.8. The van der Waals surface area contributed by atoms with Gasteiger partial charge in [-0.05, 0) is 30.4 Å². The van der Waals surface area contributed by atoms with Gasteiger partial charge in [0.15, 0.2) is 0 Å². The number of carbonyl (C=O) groups is 2. The highest BCUT2D eigenvalue weighted by atomic mass is 16.2. The van der Waals surface area contributed by atoms with Crippen molar-refractivity contribution in [3.8, 4) is 0 Å². The molecule has 0 radical (unpaired) electrons. The zero-order valence-electron chi connectivity index (χ0n) is 11.1. The Morgan fingerprint density at radius 2 is 2.21 bits per heavy atom. The van der Waals surface area contributed by atoms with Crippen LogP contribution in [0.5, 0.6) is 0 Å². The van der Waals surface area contributed by atoms with Gasteiger partial charge >= 0.3 is 6.03 Å². The van der Waals surface area contributed by atoms with Crippen LogP contribution in [0, 0.1) is 0 Å². The van der Waals surface area contributed by atoms with E-state index < -0.39 is 6.03 Å². The number of rotatable bonds is 3. The van der Waals surface area contributed by atoms with Crippen LogP contribution in [0.1, 0.15) is 24.5 Å². The zero-order chi connectivity index (χ0) is 13.8. The minimum absolute atomic E-state index is 0.174. The summed E-state index contributed by atoms with van der Waals surface area (Å²) in [6, 6.07) is 5.45. The molecule has 2 rings (SSSR count). The van der Waals surface area contributed by atoms with Crippen molar-refractivity contribution in [1.29, 1.82) is 0 Å². The molecule has 5 heteroatoms. The third-order valence-electron chi connectivity index (χ3n) is 3.37. The summed E-state index contributed by atoms with van der Waals surface area (Å²) in [5.41, 5.74) is 8.62. The van der Waals surface area contributed by atoms with Crippen LogP contribution in [-0.2, 0) is 17.6 Å². The maximum Gasteiger partial charge on any atom is 0.318 e. The molecule has 0 fully saturated rings. The third kappa shape index (κ3) is 3.05. The van der Waals surface area contributed by atoms with Crippen LogP contribution >= 0.6 is 0 Å². The second kappa shape index (κ2) is 5.73. The Bertz CT molecular complexity index is 485. The van der Waals surface area contributed by atoms with Crippen LogP contribution in [0.15, 0.2) is 18.2 Å². The van der Waals surface area contributed by atoms with Crippen LogP contribution in [0.3, 0.4) is 0 Å². The van der Waals surface area contributed by atoms with Crippen LogP contribution < -0.4 is 16.0 Å². The standard InChI is InChI=1S/C14H19N3O2/c1-2-10-5-3-6-11-7-4-8-17(13(10)11)9-12(18)16-14(15)19/h3,5-6H,2,4,7-9H2,1H3,(H3,15,16,18,19). The lowest BCUT2D eigenvalue weighted by molar-refractivity contribution is -0.118. The van der Waals surface area contributed by atoms with Gasteiger partial charge in [-0.3, -0.25) is 10.1 Å². The Hall–Kier alpha value is -2.04. The Kier molecular flexibility index (Phi) is 4.04. The monoisotopic (exact) mass is 261 g/mol. The average Bonchev–Trinajstić information content (AvgIpc) is 2.37. The van der Waals surface area contributed by atoms with Gasteiger partial charge in [-0.1, -0.05) is 25.1 Å². The first-order valence-corrected chi connectivity index (χ1v) is 6.56. The molecule has 19 heavy (non-hydrogen) atoms. The van der Waals surface area contributed by atoms with Gasteiger partial charge in [-0.25, -0.2) is 4.79 Å². The van der Waals surface area contributed by atoms with E-state index in [-0.39, 0.29) is 12.5 Å². The van der Waals surface area contributed by atoms with E-state index in [9.17, 15) is 9.59 Å². The van der Waals surface area contributed by atoms with E-state index in [2.05, 4.69) is 30.4 Å². The van der Waals surface area contributed by atoms with Crippen LogP contribution in [0.25, 0.3) is 0 Å². The summed E-state index contributed by atoms with van der Waals surface area (Å²) in [5, 5.41) is 2.12. The first-order valence-electron chi connectivity index (χ1n) is 6.56. The number of benzene rings is 1. The maximum atomic E-state index is 11.7. The predicted octanol–water partition coefficient (Wildman–Crippen LogP) is 1.20. The van der Waals surface area contributed by atoms with Crippen molar-refractivity contribution in [2.75, 3.05) is 18.0 Å². The van der Waals surface area contributed by atoms with Crippen molar-refractivity contribution in [2.45, 2.75) is 26.2 Å². The van der Waals surface area contributed by atoms with Gasteiger partial charge in [0.1, 0.15) is 0 Å². The number of nitrogens with one attached hydrogen (secondary N) is 1. The number of nitrogens with two attached hydrogens (primary N) is 1. The molecule has 0 unspecified atom stereocenters. The molecule has 1 heterocycles. The lowest BCUT2D eigenvalue weighted by atomic mass is 9.96. The van der Waals surface area contributed by atoms with E-state index in [1.54, 1.807) is 0 Å². The molecule has 0 aliphatic carbocycles. The van der Waals surface area contributed by atoms with Crippen LogP contribution in [-0.4, -0.2) is 25.0 Å². The summed E-state index contributed by atoms with van der Waals surface area (Å²) in [6.45, 7) is 3.11. The number of aryl methyl sites for hydroxylation is 2. The van der Waals surface area contributed by atoms with Crippen molar-refractivity contribution in [2.24, 2.45) is 5.73 Å². The van der Waals surface area contributed by atoms with Gasteiger partial charge in [-0.15, -0.1) is 0 Å². The van der Waals surface area contributed by atoms with E-state index >= 15 is 0 Å². The second-order valence-corrected chi connectivity index (χ2v) is 4.72. The highest BCUT2D eigenvalue weighted by Crippen LogP contribution is 2.30. The molecular weight excluding hydrogens is 242 g/mol. The molecule has 0 atom stereocenters. The van der Waals surface area contributed by atoms with Gasteiger partial charge in [0.25, 0.3) is 0 Å². The van der Waals surface area contributed by atoms with E-state index in [0.29, 0.717) is 0 Å². The summed E-state index contributed by atoms with van der Waals surface area (Å²) >= 11 is 0. The van der Waals surface area contributed by atoms with Crippen LogP contribution in [0.2, 0.25) is 0 Å². The van der Waals surface area contributed by atoms with Gasteiger partial charge in [0.05, 0.1) is 6.54 Å². The fourth-order valence-corrected chi connectivity index (χ4v) is 2.62. The molecule has 1 aliphatic rings. The molecule has 1 aliphatic heterocycles. The predicted molar refractivity (Wildman–Crippen MR) is 74.1 cm³/mol. The van der Waals surface area contributed by atoms with Crippen molar-refractivity contribution in [1.82, 2.24) is 5.32 Å². The number of carbonyl (C=O) groups excluding carboxylic acids is 2. The average molecular weight is 261 g/mol. The van der Waals surface area contributed by atoms with E-state index in [1.165, 1.54) is 11.1 Å². The lowest BCUT2D eigenvalue weighted by Gasteiger charge is -2.32. The number of amides is 3. The van der Waals surface area contributed by atoms with Crippen molar-refractivity contribution in [3.63, 3.8) is 0 Å². The highest BCUT2D eigenvalue weighted by Gasteiger charge is 2.21. The number of hydrogen-bond donors (Lipinski definition) is 2. The van der Waals surface area contributed by atoms with Gasteiger partial charge in [0.2, 0.25) is 5.91 Å². The van der Waals surface area contributed by atoms with Crippen LogP contribution in [0.4, 0.5) is 10.5 Å². The quantitative estimate of drug-likeness (QED) is 0.858. The number of imide groups is 1. The maximum absolute atomic E-state index is 11.7. The fourth-order valence-electron chi connectivity index (χ4n) is 2.62. The highest BCUT2D eigenvalue weighted by molar-refractivity contribution is 5.96. The van der Waals surface area contributed by atoms with E-state index in [1.807, 2.05) is 4.90 Å². The number of anilines is 1. The largest absolute Gasteiger partial charge is 0.362 e. The van der Waals surface area contributed by atoms with E-state index in [4.69, 9.17) is 5.73 Å². The fraction of sp³-hybridized carbons (Fsp3) is 0.429. The molecule has 3 amide bonds. The molecule has 102 valence electrons. The molecule has 3 N–H and O–H groups in total. The van der Waals surface area contributed by atoms with Crippen molar-refractivity contribution >= 4 is 17.6 Å². The molecule has 0 bridgehead atoms. The molecule has 1 aromatic carbocycles. The molecule has 0 spiro atoms. The first kappa shape index (κ1) is 13.4. The Morgan fingerprint density at radius 3 is 2.89 bits per heavy atom. The number of fused-ring (bicyclic) bond motifs is 1. The summed E-state index contributed by atoms with van der Waals surface area (Å²) in [6.07, 6.45) is 2.98. The lowest BCUT2D eigenvalue weighted by Crippen LogP contribution is -2.44. The molecule has 0 saturated carbocycles. The van der Waals surface area contributed by atoms with E-state index in [0.717, 1.165) is 31.5 Å². The molecular formula is C14H19N3O2. The molecule has 5 nitrogen and oxygen atoms in total. The number of nitrogens with zero attached hydrogens (tertiary/aromatic N) is 1. The smallest absolute Gasteiger partial charge is 0.318 e. The molecule has 0 aromatic heterocycles. The molecule has 0 saturated heterocycles. The number of para-hydroxylation sites is 1. The molecule has 1 aromatic rings. The summed E-state index contributed by atoms with van der Waals surface area (Å²) in [7, 11) is 0. The summed E-state index contributed by atoms with van der Waals surface area (Å²) in [5.74, 6) is -0.355. The first-order chi connectivity index (χ1) is 9.11.